The fourth-order valence-corrected chi connectivity index (χ4v) is 3.31. The van der Waals surface area contributed by atoms with E-state index in [1.165, 1.54) is 6.26 Å². The number of ether oxygens (including phenoxy) is 2. The van der Waals surface area contributed by atoms with Crippen molar-refractivity contribution in [1.82, 2.24) is 9.80 Å². The third-order valence-electron chi connectivity index (χ3n) is 4.92. The van der Waals surface area contributed by atoms with Crippen molar-refractivity contribution in [3.8, 4) is 11.5 Å². The van der Waals surface area contributed by atoms with E-state index in [-0.39, 0.29) is 17.7 Å². The highest BCUT2D eigenvalue weighted by Gasteiger charge is 2.31. The van der Waals surface area contributed by atoms with Crippen LogP contribution in [-0.4, -0.2) is 62.0 Å². The third-order valence-corrected chi connectivity index (χ3v) is 4.92. The van der Waals surface area contributed by atoms with Crippen molar-refractivity contribution in [2.75, 3.05) is 40.4 Å². The molecule has 1 fully saturated rings. The Morgan fingerprint density at radius 1 is 1.21 bits per heavy atom. The second kappa shape index (κ2) is 9.30. The molecule has 150 valence electrons. The fourth-order valence-electron chi connectivity index (χ4n) is 3.31. The molecule has 1 saturated heterocycles. The first kappa shape index (κ1) is 19.8. The molecule has 0 bridgehead atoms. The lowest BCUT2D eigenvalue weighted by molar-refractivity contribution is -0.135. The highest BCUT2D eigenvalue weighted by Crippen LogP contribution is 2.21. The molecule has 7 heteroatoms. The maximum atomic E-state index is 12.8. The van der Waals surface area contributed by atoms with Gasteiger partial charge in [-0.2, -0.15) is 0 Å². The zero-order valence-electron chi connectivity index (χ0n) is 16.3. The molecule has 1 aromatic heterocycles. The summed E-state index contributed by atoms with van der Waals surface area (Å²) in [7, 11) is 3.39. The van der Waals surface area contributed by atoms with Gasteiger partial charge in [-0.3, -0.25) is 9.59 Å². The van der Waals surface area contributed by atoms with Crippen LogP contribution in [0, 0.1) is 5.92 Å². The molecular formula is C21H26N2O5. The molecule has 2 aromatic rings. The Morgan fingerprint density at radius 2 is 1.96 bits per heavy atom. The number of nitrogens with zero attached hydrogens (tertiary/aromatic N) is 2. The predicted octanol–water partition coefficient (Wildman–Crippen LogP) is 2.68. The first-order valence-corrected chi connectivity index (χ1v) is 9.43. The molecule has 1 aromatic carbocycles. The Balaban J connectivity index is 1.47. The summed E-state index contributed by atoms with van der Waals surface area (Å²) in [4.78, 5) is 28.6. The summed E-state index contributed by atoms with van der Waals surface area (Å²) in [6.07, 6.45) is 3.07. The van der Waals surface area contributed by atoms with E-state index in [1.54, 1.807) is 36.1 Å². The topological polar surface area (TPSA) is 72.2 Å². The van der Waals surface area contributed by atoms with Gasteiger partial charge in [0.1, 0.15) is 18.1 Å². The average Bonchev–Trinajstić information content (AvgIpc) is 3.28. The van der Waals surface area contributed by atoms with Crippen molar-refractivity contribution < 1.29 is 23.5 Å². The van der Waals surface area contributed by atoms with Crippen molar-refractivity contribution in [3.63, 3.8) is 0 Å². The summed E-state index contributed by atoms with van der Waals surface area (Å²) >= 11 is 0. The van der Waals surface area contributed by atoms with Gasteiger partial charge in [0.2, 0.25) is 5.91 Å². The van der Waals surface area contributed by atoms with Gasteiger partial charge in [-0.1, -0.05) is 0 Å². The molecule has 2 amide bonds. The molecule has 1 atom stereocenters. The molecule has 0 spiro atoms. The molecule has 1 aliphatic rings. The maximum absolute atomic E-state index is 12.8. The summed E-state index contributed by atoms with van der Waals surface area (Å²) in [6, 6.07) is 10.7. The number of hydrogen-bond donors (Lipinski definition) is 0. The van der Waals surface area contributed by atoms with Crippen LogP contribution in [0.3, 0.4) is 0 Å². The van der Waals surface area contributed by atoms with E-state index in [1.807, 2.05) is 24.3 Å². The van der Waals surface area contributed by atoms with Crippen LogP contribution in [0.25, 0.3) is 0 Å². The predicted molar refractivity (Wildman–Crippen MR) is 103 cm³/mol. The number of methoxy groups -OCH3 is 1. The van der Waals surface area contributed by atoms with Crippen LogP contribution in [0.15, 0.2) is 47.1 Å². The van der Waals surface area contributed by atoms with Gasteiger partial charge in [0.15, 0.2) is 5.76 Å². The number of piperidine rings is 1. The van der Waals surface area contributed by atoms with Crippen LogP contribution < -0.4 is 9.47 Å². The zero-order valence-corrected chi connectivity index (χ0v) is 16.3. The normalized spacial score (nSPS) is 16.5. The quantitative estimate of drug-likeness (QED) is 0.732. The molecule has 0 saturated carbocycles. The fraction of sp³-hybridized carbons (Fsp3) is 0.429. The Hall–Kier alpha value is -2.96. The summed E-state index contributed by atoms with van der Waals surface area (Å²) < 4.78 is 16.0. The van der Waals surface area contributed by atoms with Crippen LogP contribution in [0.1, 0.15) is 23.4 Å². The van der Waals surface area contributed by atoms with E-state index in [0.29, 0.717) is 32.0 Å². The first-order chi connectivity index (χ1) is 13.6. The molecule has 2 heterocycles. The number of likely N-dealkylation sites (N-methyl/N-ethyl adjacent to an activating group) is 1. The third kappa shape index (κ3) is 4.85. The summed E-state index contributed by atoms with van der Waals surface area (Å²) in [5.74, 6) is 1.50. The standard InChI is InChI=1S/C21H26N2O5/c1-22(12-14-27-18-9-7-17(26-2)8-10-18)20(24)16-5-3-11-23(15-16)21(25)19-6-4-13-28-19/h4,6-10,13,16H,3,5,11-12,14-15H2,1-2H3. The molecule has 28 heavy (non-hydrogen) atoms. The van der Waals surface area contributed by atoms with E-state index < -0.39 is 0 Å². The average molecular weight is 386 g/mol. The Bertz CT molecular complexity index is 773. The number of furan rings is 1. The highest BCUT2D eigenvalue weighted by molar-refractivity contribution is 5.92. The second-order valence-corrected chi connectivity index (χ2v) is 6.85. The largest absolute Gasteiger partial charge is 0.497 e. The number of rotatable bonds is 7. The smallest absolute Gasteiger partial charge is 0.289 e. The Morgan fingerprint density at radius 3 is 2.64 bits per heavy atom. The minimum atomic E-state index is -0.196. The maximum Gasteiger partial charge on any atom is 0.289 e. The minimum Gasteiger partial charge on any atom is -0.497 e. The van der Waals surface area contributed by atoms with Crippen molar-refractivity contribution in [2.45, 2.75) is 12.8 Å². The lowest BCUT2D eigenvalue weighted by Crippen LogP contribution is -2.46. The van der Waals surface area contributed by atoms with Gasteiger partial charge in [-0.25, -0.2) is 0 Å². The molecular weight excluding hydrogens is 360 g/mol. The lowest BCUT2D eigenvalue weighted by Gasteiger charge is -2.33. The van der Waals surface area contributed by atoms with Crippen molar-refractivity contribution in [2.24, 2.45) is 5.92 Å². The molecule has 0 N–H and O–H groups in total. The number of hydrogen-bond acceptors (Lipinski definition) is 5. The van der Waals surface area contributed by atoms with E-state index in [9.17, 15) is 9.59 Å². The molecule has 1 aliphatic heterocycles. The van der Waals surface area contributed by atoms with E-state index in [2.05, 4.69) is 0 Å². The number of likely N-dealkylation sites (tertiary alicyclic amines) is 1. The number of benzene rings is 1. The van der Waals surface area contributed by atoms with Gasteiger partial charge in [-0.05, 0) is 49.2 Å². The lowest BCUT2D eigenvalue weighted by atomic mass is 9.96. The van der Waals surface area contributed by atoms with Crippen LogP contribution >= 0.6 is 0 Å². The van der Waals surface area contributed by atoms with Crippen LogP contribution in [-0.2, 0) is 4.79 Å². The van der Waals surface area contributed by atoms with Crippen LogP contribution in [0.2, 0.25) is 0 Å². The number of amides is 2. The summed E-state index contributed by atoms with van der Waals surface area (Å²) in [5, 5.41) is 0. The monoisotopic (exact) mass is 386 g/mol. The molecule has 7 nitrogen and oxygen atoms in total. The van der Waals surface area contributed by atoms with Crippen LogP contribution in [0.5, 0.6) is 11.5 Å². The summed E-state index contributed by atoms with van der Waals surface area (Å²) in [6.45, 7) is 1.94. The van der Waals surface area contributed by atoms with Crippen molar-refractivity contribution in [3.05, 3.63) is 48.4 Å². The SMILES string of the molecule is COc1ccc(OCCN(C)C(=O)C2CCCN(C(=O)c3ccco3)C2)cc1. The number of carbonyl (C=O) groups excluding carboxylic acids is 2. The van der Waals surface area contributed by atoms with Gasteiger partial charge in [0.05, 0.1) is 25.8 Å². The molecule has 3 rings (SSSR count). The summed E-state index contributed by atoms with van der Waals surface area (Å²) in [5.41, 5.74) is 0. The van der Waals surface area contributed by atoms with Crippen molar-refractivity contribution in [1.29, 1.82) is 0 Å². The van der Waals surface area contributed by atoms with Gasteiger partial charge in [-0.15, -0.1) is 0 Å². The molecule has 1 unspecified atom stereocenters. The second-order valence-electron chi connectivity index (χ2n) is 6.85. The minimum absolute atomic E-state index is 0.0373. The van der Waals surface area contributed by atoms with Gasteiger partial charge in [0.25, 0.3) is 5.91 Å². The van der Waals surface area contributed by atoms with Crippen molar-refractivity contribution >= 4 is 11.8 Å². The first-order valence-electron chi connectivity index (χ1n) is 9.43. The van der Waals surface area contributed by atoms with Gasteiger partial charge >= 0.3 is 0 Å². The molecule has 0 aliphatic carbocycles. The van der Waals surface area contributed by atoms with E-state index >= 15 is 0 Å². The van der Waals surface area contributed by atoms with Crippen LogP contribution in [0.4, 0.5) is 0 Å². The van der Waals surface area contributed by atoms with Gasteiger partial charge < -0.3 is 23.7 Å². The molecule has 0 radical (unpaired) electrons. The Labute approximate surface area is 164 Å². The highest BCUT2D eigenvalue weighted by atomic mass is 16.5. The Kier molecular flexibility index (Phi) is 6.57. The van der Waals surface area contributed by atoms with E-state index in [4.69, 9.17) is 13.9 Å². The van der Waals surface area contributed by atoms with Gasteiger partial charge in [0, 0.05) is 20.1 Å². The zero-order chi connectivity index (χ0) is 19.9. The van der Waals surface area contributed by atoms with E-state index in [0.717, 1.165) is 24.3 Å². The number of carbonyl (C=O) groups is 2.